The Bertz CT molecular complexity index is 1360. The van der Waals surface area contributed by atoms with Crippen LogP contribution in [0.1, 0.15) is 67.7 Å². The third kappa shape index (κ3) is 18.9. The molecule has 0 saturated heterocycles. The molecule has 0 radical (unpaired) electrons. The van der Waals surface area contributed by atoms with Crippen molar-refractivity contribution >= 4 is 13.8 Å². The van der Waals surface area contributed by atoms with Gasteiger partial charge in [0.2, 0.25) is 0 Å². The number of carbonyl (C=O) groups excluding carboxylic acids is 1. The molecule has 9 heteroatoms. The molecule has 0 heterocycles. The number of quaternary nitrogens is 1. The Balaban J connectivity index is 2.60. The molecule has 1 aliphatic carbocycles. The normalized spacial score (nSPS) is 19.4. The number of hydrogen-bond acceptors (Lipinski definition) is 7. The van der Waals surface area contributed by atoms with Gasteiger partial charge in [-0.05, 0) is 64.9 Å². The van der Waals surface area contributed by atoms with Crippen molar-refractivity contribution in [2.75, 3.05) is 47.5 Å². The largest absolute Gasteiger partial charge is 0.756 e. The molecule has 262 valence electrons. The van der Waals surface area contributed by atoms with Gasteiger partial charge in [0.1, 0.15) is 19.3 Å². The molecule has 0 amide bonds. The predicted octanol–water partition coefficient (Wildman–Crippen LogP) is 7.63. The lowest BCUT2D eigenvalue weighted by molar-refractivity contribution is -0.870. The van der Waals surface area contributed by atoms with E-state index >= 15 is 0 Å². The molecule has 1 rings (SSSR count). The monoisotopic (exact) mass is 671 g/mol. The van der Waals surface area contributed by atoms with Gasteiger partial charge in [-0.1, -0.05) is 109 Å². The van der Waals surface area contributed by atoms with Crippen molar-refractivity contribution < 1.29 is 37.6 Å². The molecule has 1 N–H and O–H groups in total. The number of esters is 1. The van der Waals surface area contributed by atoms with E-state index in [0.29, 0.717) is 11.0 Å². The topological polar surface area (TPSA) is 105 Å². The van der Waals surface area contributed by atoms with Gasteiger partial charge in [0.25, 0.3) is 7.82 Å². The van der Waals surface area contributed by atoms with Gasteiger partial charge in [0.05, 0.1) is 34.4 Å². The van der Waals surface area contributed by atoms with E-state index in [4.69, 9.17) is 13.8 Å². The van der Waals surface area contributed by atoms with Crippen LogP contribution >= 0.6 is 7.82 Å². The number of nitrogens with zero attached hydrogens (tertiary/aromatic N) is 1. The third-order valence-corrected chi connectivity index (χ3v) is 8.50. The van der Waals surface area contributed by atoms with Gasteiger partial charge in [-0.3, -0.25) is 4.57 Å². The van der Waals surface area contributed by atoms with Crippen LogP contribution in [0.2, 0.25) is 0 Å². The summed E-state index contributed by atoms with van der Waals surface area (Å²) >= 11 is 0. The second-order valence-corrected chi connectivity index (χ2v) is 15.2. The Morgan fingerprint density at radius 1 is 0.936 bits per heavy atom. The summed E-state index contributed by atoms with van der Waals surface area (Å²) in [5, 5.41) is 9.52. The zero-order valence-corrected chi connectivity index (χ0v) is 31.1. The highest BCUT2D eigenvalue weighted by molar-refractivity contribution is 7.45. The van der Waals surface area contributed by atoms with Crippen LogP contribution in [-0.4, -0.2) is 69.2 Å². The Morgan fingerprint density at radius 3 is 2.04 bits per heavy atom. The van der Waals surface area contributed by atoms with E-state index < -0.39 is 33.1 Å². The molecule has 1 aliphatic rings. The van der Waals surface area contributed by atoms with Crippen molar-refractivity contribution in [2.45, 2.75) is 73.8 Å². The first-order valence-electron chi connectivity index (χ1n) is 16.2. The van der Waals surface area contributed by atoms with Crippen LogP contribution in [0.25, 0.3) is 0 Å². The van der Waals surface area contributed by atoms with Gasteiger partial charge in [-0.2, -0.15) is 0 Å². The smallest absolute Gasteiger partial charge is 0.334 e. The van der Waals surface area contributed by atoms with E-state index in [9.17, 15) is 19.4 Å². The Morgan fingerprint density at radius 2 is 1.49 bits per heavy atom. The number of ether oxygens (including phenoxy) is 1. The minimum absolute atomic E-state index is 0.0487. The lowest BCUT2D eigenvalue weighted by Gasteiger charge is -2.32. The lowest BCUT2D eigenvalue weighted by Crippen LogP contribution is -2.37. The first-order chi connectivity index (χ1) is 21.8. The number of phosphoric ester groups is 1. The molecule has 2 atom stereocenters. The van der Waals surface area contributed by atoms with Crippen molar-refractivity contribution in [1.29, 1.82) is 0 Å². The van der Waals surface area contributed by atoms with Crippen molar-refractivity contribution in [3.05, 3.63) is 106 Å². The number of rotatable bonds is 18. The van der Waals surface area contributed by atoms with Crippen LogP contribution < -0.4 is 4.89 Å². The first kappa shape index (κ1) is 42.2. The highest BCUT2D eigenvalue weighted by Crippen LogP contribution is 2.41. The van der Waals surface area contributed by atoms with Gasteiger partial charge in [0, 0.05) is 5.57 Å². The fourth-order valence-electron chi connectivity index (χ4n) is 4.58. The van der Waals surface area contributed by atoms with E-state index in [1.807, 2.05) is 58.4 Å². The summed E-state index contributed by atoms with van der Waals surface area (Å²) in [6, 6.07) is 0. The summed E-state index contributed by atoms with van der Waals surface area (Å²) in [7, 11) is 1.11. The van der Waals surface area contributed by atoms with Crippen LogP contribution in [0.5, 0.6) is 0 Å². The summed E-state index contributed by atoms with van der Waals surface area (Å²) in [5.41, 5.74) is 6.79. The second-order valence-electron chi connectivity index (χ2n) is 13.7. The molecule has 0 aromatic heterocycles. The maximum atomic E-state index is 12.4. The van der Waals surface area contributed by atoms with Crippen LogP contribution in [0.15, 0.2) is 106 Å². The van der Waals surface area contributed by atoms with Gasteiger partial charge in [-0.15, -0.1) is 0 Å². The minimum Gasteiger partial charge on any atom is -0.756 e. The van der Waals surface area contributed by atoms with Crippen LogP contribution in [0.4, 0.5) is 0 Å². The predicted molar refractivity (Wildman–Crippen MR) is 191 cm³/mol. The highest BCUT2D eigenvalue weighted by Gasteiger charge is 2.26. The molecule has 0 aromatic rings. The molecule has 0 aromatic carbocycles. The van der Waals surface area contributed by atoms with Gasteiger partial charge < -0.3 is 28.3 Å². The number of allylic oxidation sites excluding steroid dienone is 17. The molecule has 47 heavy (non-hydrogen) atoms. The summed E-state index contributed by atoms with van der Waals surface area (Å²) < 4.78 is 27.3. The molecular weight excluding hydrogens is 613 g/mol. The minimum atomic E-state index is -4.59. The number of aliphatic hydroxyl groups is 1. The maximum absolute atomic E-state index is 12.4. The van der Waals surface area contributed by atoms with Gasteiger partial charge in [-0.25, -0.2) is 4.79 Å². The third-order valence-electron chi connectivity index (χ3n) is 7.54. The highest BCUT2D eigenvalue weighted by atomic mass is 31.2. The number of phosphoric acid groups is 1. The zero-order valence-electron chi connectivity index (χ0n) is 30.2. The standard InChI is InChI=1S/C38H58NO7P/c1-30(18-13-19-32(3)23-24-36-33(4)22-15-25-38(36,6)7)16-11-12-17-31(2)20-14-21-34(5)37(41)46-35(28-40)29-45-47(42,43)44-27-26-39(8,9)10/h11-14,16-21,23-24,35,40H,15,22,25-29H2,1-10H3/b12-11+,18-13+,20-14+,24-23+,30-16+,31-17+,32-19+,34-21+/t35-/m1/s1. The summed E-state index contributed by atoms with van der Waals surface area (Å²) in [4.78, 5) is 24.3. The molecule has 0 bridgehead atoms. The molecule has 8 nitrogen and oxygen atoms in total. The van der Waals surface area contributed by atoms with E-state index in [2.05, 4.69) is 65.0 Å². The molecule has 0 aliphatic heterocycles. The fourth-order valence-corrected chi connectivity index (χ4v) is 5.31. The van der Waals surface area contributed by atoms with Gasteiger partial charge >= 0.3 is 5.97 Å². The molecule has 0 fully saturated rings. The van der Waals surface area contributed by atoms with Crippen molar-refractivity contribution in [1.82, 2.24) is 0 Å². The molecule has 0 spiro atoms. The van der Waals surface area contributed by atoms with E-state index in [-0.39, 0.29) is 17.6 Å². The Kier molecular flexibility index (Phi) is 18.4. The van der Waals surface area contributed by atoms with E-state index in [1.165, 1.54) is 36.0 Å². The average molecular weight is 672 g/mol. The zero-order chi connectivity index (χ0) is 35.7. The van der Waals surface area contributed by atoms with Crippen LogP contribution in [0.3, 0.4) is 0 Å². The SMILES string of the molecule is CC1=C(/C=C/C(C)=C/C=C/C(C)=C/C=C/C=C(C)/C=C/C=C(\C)C(=O)O[C@H](CO)COP(=O)([O-])OCC[N+](C)(C)C)C(C)(C)CCC1. The van der Waals surface area contributed by atoms with Gasteiger partial charge in [0.15, 0.2) is 0 Å². The lowest BCUT2D eigenvalue weighted by atomic mass is 9.72. The fraction of sp³-hybridized carbons (Fsp3) is 0.500. The average Bonchev–Trinajstić information content (AvgIpc) is 2.95. The molecule has 0 saturated carbocycles. The second kappa shape index (κ2) is 20.5. The van der Waals surface area contributed by atoms with Crippen molar-refractivity contribution in [3.63, 3.8) is 0 Å². The molecule has 1 unspecified atom stereocenters. The van der Waals surface area contributed by atoms with Crippen LogP contribution in [-0.2, 0) is 23.1 Å². The number of hydrogen-bond donors (Lipinski definition) is 1. The van der Waals surface area contributed by atoms with E-state index in [0.717, 1.165) is 11.1 Å². The number of carbonyl (C=O) groups is 1. The quantitative estimate of drug-likeness (QED) is 0.0525. The van der Waals surface area contributed by atoms with E-state index in [1.54, 1.807) is 19.1 Å². The Labute approximate surface area is 284 Å². The van der Waals surface area contributed by atoms with Crippen LogP contribution in [0, 0.1) is 5.41 Å². The summed E-state index contributed by atoms with van der Waals surface area (Å²) in [6.07, 6.45) is 26.4. The summed E-state index contributed by atoms with van der Waals surface area (Å²) in [5.74, 6) is -0.694. The van der Waals surface area contributed by atoms with Crippen molar-refractivity contribution in [3.8, 4) is 0 Å². The van der Waals surface area contributed by atoms with Crippen molar-refractivity contribution in [2.24, 2.45) is 5.41 Å². The number of aliphatic hydroxyl groups excluding tert-OH is 1. The summed E-state index contributed by atoms with van der Waals surface area (Å²) in [6.45, 7) is 13.9. The molecular formula is C38H58NO7P. The first-order valence-corrected chi connectivity index (χ1v) is 17.6. The Hall–Kier alpha value is -2.84. The maximum Gasteiger partial charge on any atom is 0.334 e. The number of likely N-dealkylation sites (N-methyl/N-ethyl adjacent to an activating group) is 1.